The minimum absolute atomic E-state index is 0.0534. The van der Waals surface area contributed by atoms with Crippen molar-refractivity contribution in [2.45, 2.75) is 32.9 Å². The third kappa shape index (κ3) is 5.57. The van der Waals surface area contributed by atoms with Crippen LogP contribution in [0.25, 0.3) is 33.5 Å². The number of amides is 1. The molecule has 10 heteroatoms. The van der Waals surface area contributed by atoms with Gasteiger partial charge >= 0.3 is 6.09 Å². The lowest BCUT2D eigenvalue weighted by molar-refractivity contribution is 0.0523. The fourth-order valence-electron chi connectivity index (χ4n) is 4.01. The molecule has 0 fully saturated rings. The number of methoxy groups -OCH3 is 1. The molecule has 1 amide bonds. The number of allylic oxidation sites excluding steroid dienone is 1. The van der Waals surface area contributed by atoms with Gasteiger partial charge in [0.1, 0.15) is 11.4 Å². The highest BCUT2D eigenvalue weighted by atomic mass is 16.6. The predicted molar refractivity (Wildman–Crippen MR) is 144 cm³/mol. The first-order chi connectivity index (χ1) is 18.1. The summed E-state index contributed by atoms with van der Waals surface area (Å²) in [7, 11) is 3.35. The van der Waals surface area contributed by atoms with Crippen molar-refractivity contribution in [1.82, 2.24) is 25.3 Å². The van der Waals surface area contributed by atoms with Gasteiger partial charge in [0.25, 0.3) is 5.56 Å². The van der Waals surface area contributed by atoms with E-state index >= 15 is 0 Å². The van der Waals surface area contributed by atoms with Crippen LogP contribution < -0.4 is 15.6 Å². The molecule has 0 saturated carbocycles. The number of fused-ring (bicyclic) bond motifs is 1. The molecule has 194 valence electrons. The average Bonchev–Trinajstić information content (AvgIpc) is 3.25. The van der Waals surface area contributed by atoms with Gasteiger partial charge in [0.2, 0.25) is 0 Å². The number of aromatic amines is 1. The molecule has 4 rings (SSSR count). The first-order valence-corrected chi connectivity index (χ1v) is 11.9. The van der Waals surface area contributed by atoms with Crippen LogP contribution >= 0.6 is 0 Å². The minimum Gasteiger partial charge on any atom is -0.496 e. The van der Waals surface area contributed by atoms with Crippen LogP contribution in [0, 0.1) is 11.3 Å². The molecule has 38 heavy (non-hydrogen) atoms. The van der Waals surface area contributed by atoms with Gasteiger partial charge < -0.3 is 14.8 Å². The summed E-state index contributed by atoms with van der Waals surface area (Å²) in [5.74, 6) is 0.585. The number of alkyl carbamates (subject to hydrolysis) is 1. The molecular formula is C28H28N6O4. The van der Waals surface area contributed by atoms with Crippen molar-refractivity contribution in [2.75, 3.05) is 7.11 Å². The van der Waals surface area contributed by atoms with E-state index in [1.165, 1.54) is 0 Å². The number of rotatable bonds is 6. The summed E-state index contributed by atoms with van der Waals surface area (Å²) in [6.07, 6.45) is 2.87. The van der Waals surface area contributed by atoms with Crippen molar-refractivity contribution >= 4 is 28.5 Å². The maximum atomic E-state index is 12.5. The average molecular weight is 513 g/mol. The van der Waals surface area contributed by atoms with Crippen LogP contribution in [0.2, 0.25) is 0 Å². The SMILES string of the molecule is COc1ccccc1/C(C#N)=C/c1c(-c2ccc3c(=O)[nH]nc(CNC(=O)OC(C)(C)C)c3c2)cnn1C. The zero-order chi connectivity index (χ0) is 27.4. The Hall–Kier alpha value is -4.91. The Morgan fingerprint density at radius 2 is 1.97 bits per heavy atom. The summed E-state index contributed by atoms with van der Waals surface area (Å²) >= 11 is 0. The Morgan fingerprint density at radius 3 is 2.68 bits per heavy atom. The topological polar surface area (TPSA) is 135 Å². The smallest absolute Gasteiger partial charge is 0.407 e. The Morgan fingerprint density at radius 1 is 1.21 bits per heavy atom. The third-order valence-corrected chi connectivity index (χ3v) is 5.76. The highest BCUT2D eigenvalue weighted by Crippen LogP contribution is 2.32. The zero-order valence-electron chi connectivity index (χ0n) is 21.8. The number of ether oxygens (including phenoxy) is 2. The number of nitriles is 1. The molecular weight excluding hydrogens is 484 g/mol. The van der Waals surface area contributed by atoms with Crippen LogP contribution in [0.1, 0.15) is 37.7 Å². The lowest BCUT2D eigenvalue weighted by atomic mass is 9.99. The monoisotopic (exact) mass is 512 g/mol. The molecule has 0 bridgehead atoms. The normalized spacial score (nSPS) is 11.7. The molecule has 0 unspecified atom stereocenters. The van der Waals surface area contributed by atoms with Crippen molar-refractivity contribution in [2.24, 2.45) is 7.05 Å². The second-order valence-electron chi connectivity index (χ2n) is 9.55. The van der Waals surface area contributed by atoms with E-state index in [4.69, 9.17) is 9.47 Å². The molecule has 2 aromatic carbocycles. The highest BCUT2D eigenvalue weighted by Gasteiger charge is 2.18. The Kier molecular flexibility index (Phi) is 7.30. The van der Waals surface area contributed by atoms with Crippen LogP contribution in [0.3, 0.4) is 0 Å². The van der Waals surface area contributed by atoms with Crippen LogP contribution in [-0.4, -0.2) is 38.8 Å². The van der Waals surface area contributed by atoms with Gasteiger partial charge in [0.15, 0.2) is 0 Å². The molecule has 0 aliphatic rings. The number of aryl methyl sites for hydroxylation is 1. The molecule has 0 aliphatic heterocycles. The summed E-state index contributed by atoms with van der Waals surface area (Å²) in [5, 5.41) is 24.7. The number of nitrogens with zero attached hydrogens (tertiary/aromatic N) is 4. The fraction of sp³-hybridized carbons (Fsp3) is 0.250. The second kappa shape index (κ2) is 10.6. The van der Waals surface area contributed by atoms with E-state index in [0.29, 0.717) is 39.0 Å². The van der Waals surface area contributed by atoms with E-state index in [2.05, 4.69) is 26.7 Å². The summed E-state index contributed by atoms with van der Waals surface area (Å²) < 4.78 is 12.4. The maximum Gasteiger partial charge on any atom is 0.407 e. The number of carbonyl (C=O) groups excluding carboxylic acids is 1. The van der Waals surface area contributed by atoms with Crippen molar-refractivity contribution in [3.63, 3.8) is 0 Å². The summed E-state index contributed by atoms with van der Waals surface area (Å²) in [6, 6.07) is 14.9. The Labute approximate surface area is 219 Å². The fourth-order valence-corrected chi connectivity index (χ4v) is 4.01. The van der Waals surface area contributed by atoms with E-state index in [-0.39, 0.29) is 12.1 Å². The number of aromatic nitrogens is 4. The predicted octanol–water partition coefficient (Wildman–Crippen LogP) is 4.42. The van der Waals surface area contributed by atoms with E-state index in [0.717, 1.165) is 11.1 Å². The van der Waals surface area contributed by atoms with Crippen LogP contribution in [-0.2, 0) is 18.3 Å². The van der Waals surface area contributed by atoms with Crippen molar-refractivity contribution < 1.29 is 14.3 Å². The molecule has 0 radical (unpaired) electrons. The van der Waals surface area contributed by atoms with Crippen molar-refractivity contribution in [3.05, 3.63) is 76.0 Å². The summed E-state index contributed by atoms with van der Waals surface area (Å²) in [4.78, 5) is 24.7. The number of hydrogen-bond acceptors (Lipinski definition) is 7. The van der Waals surface area contributed by atoms with Gasteiger partial charge in [-0.2, -0.15) is 15.5 Å². The molecule has 2 heterocycles. The van der Waals surface area contributed by atoms with Gasteiger partial charge in [-0.05, 0) is 56.7 Å². The third-order valence-electron chi connectivity index (χ3n) is 5.76. The number of hydrogen-bond donors (Lipinski definition) is 2. The van der Waals surface area contributed by atoms with Crippen LogP contribution in [0.5, 0.6) is 5.75 Å². The lowest BCUT2D eigenvalue weighted by Gasteiger charge is -2.19. The number of H-pyrrole nitrogens is 1. The number of para-hydroxylation sites is 1. The minimum atomic E-state index is -0.645. The zero-order valence-corrected chi connectivity index (χ0v) is 21.8. The van der Waals surface area contributed by atoms with Crippen LogP contribution in [0.4, 0.5) is 4.79 Å². The van der Waals surface area contributed by atoms with Gasteiger partial charge in [-0.3, -0.25) is 9.48 Å². The highest BCUT2D eigenvalue weighted by molar-refractivity contribution is 5.95. The quantitative estimate of drug-likeness (QED) is 0.365. The molecule has 4 aromatic rings. The molecule has 0 spiro atoms. The van der Waals surface area contributed by atoms with Crippen molar-refractivity contribution in [3.8, 4) is 22.9 Å². The number of carbonyl (C=O) groups is 1. The number of nitrogens with one attached hydrogen (secondary N) is 2. The Balaban J connectivity index is 1.77. The first kappa shape index (κ1) is 26.2. The van der Waals surface area contributed by atoms with E-state index < -0.39 is 11.7 Å². The molecule has 2 aromatic heterocycles. The molecule has 2 N–H and O–H groups in total. The first-order valence-electron chi connectivity index (χ1n) is 11.9. The van der Waals surface area contributed by atoms with Gasteiger partial charge in [-0.15, -0.1) is 0 Å². The largest absolute Gasteiger partial charge is 0.496 e. The van der Waals surface area contributed by atoms with Crippen LogP contribution in [0.15, 0.2) is 53.5 Å². The second-order valence-corrected chi connectivity index (χ2v) is 9.55. The van der Waals surface area contributed by atoms with E-state index in [9.17, 15) is 14.9 Å². The summed E-state index contributed by atoms with van der Waals surface area (Å²) in [5.41, 5.74) is 2.76. The standard InChI is InChI=1S/C28H28N6O4/c1-28(2,3)38-27(36)30-16-23-21-12-17(10-11-20(21)26(35)33-32-23)22-15-31-34(4)24(22)13-18(14-29)19-8-6-7-9-25(19)37-5/h6-13,15H,16H2,1-5H3,(H,30,36)(H,33,35)/b18-13+. The molecule has 0 aliphatic carbocycles. The lowest BCUT2D eigenvalue weighted by Crippen LogP contribution is -2.32. The maximum absolute atomic E-state index is 12.5. The number of benzene rings is 2. The molecule has 0 saturated heterocycles. The molecule has 10 nitrogen and oxygen atoms in total. The van der Waals surface area contributed by atoms with E-state index in [1.54, 1.807) is 64.0 Å². The molecule has 0 atom stereocenters. The van der Waals surface area contributed by atoms with Gasteiger partial charge in [-0.25, -0.2) is 9.89 Å². The van der Waals surface area contributed by atoms with Crippen molar-refractivity contribution in [1.29, 1.82) is 5.26 Å². The van der Waals surface area contributed by atoms with Gasteiger partial charge in [0.05, 0.1) is 48.3 Å². The van der Waals surface area contributed by atoms with Gasteiger partial charge in [0, 0.05) is 23.6 Å². The van der Waals surface area contributed by atoms with E-state index in [1.807, 2.05) is 30.3 Å². The summed E-state index contributed by atoms with van der Waals surface area (Å²) in [6.45, 7) is 5.38. The van der Waals surface area contributed by atoms with Gasteiger partial charge in [-0.1, -0.05) is 18.2 Å². The Bertz CT molecular complexity index is 1640.